The van der Waals surface area contributed by atoms with Crippen LogP contribution < -0.4 is 0 Å². The van der Waals surface area contributed by atoms with Crippen LogP contribution in [0.25, 0.3) is 0 Å². The molecule has 1 unspecified atom stereocenters. The number of alkyl halides is 34. The number of esters is 2. The molecule has 0 radical (unpaired) electrons. The van der Waals surface area contributed by atoms with Crippen LogP contribution in [0.1, 0.15) is 32.6 Å². The number of hydrogen-bond acceptors (Lipinski definition) is 4. The molecule has 0 aliphatic heterocycles. The summed E-state index contributed by atoms with van der Waals surface area (Å²) >= 11 is 0. The Balaban J connectivity index is 6.05. The van der Waals surface area contributed by atoms with Crippen LogP contribution in [0.2, 0.25) is 0 Å². The van der Waals surface area contributed by atoms with Crippen LogP contribution in [-0.2, 0) is 19.1 Å². The zero-order valence-electron chi connectivity index (χ0n) is 29.3. The minimum atomic E-state index is -8.99. The maximum absolute atomic E-state index is 14.0. The topological polar surface area (TPSA) is 52.6 Å². The molecule has 0 saturated carbocycles. The maximum atomic E-state index is 14.0. The third-order valence-corrected chi connectivity index (χ3v) is 8.15. The first kappa shape index (κ1) is 60.6. The van der Waals surface area contributed by atoms with E-state index in [1.807, 2.05) is 0 Å². The molecule has 0 aromatic rings. The van der Waals surface area contributed by atoms with E-state index >= 15 is 0 Å². The molecule has 0 bridgehead atoms. The monoisotopic (exact) mass is 1040 g/mol. The normalized spacial score (nSPS) is 16.5. The molecule has 64 heavy (non-hydrogen) atoms. The lowest BCUT2D eigenvalue weighted by Gasteiger charge is -2.42. The Bertz CT molecular complexity index is 1640. The van der Waals surface area contributed by atoms with Crippen LogP contribution in [0, 0.1) is 5.92 Å². The molecule has 382 valence electrons. The van der Waals surface area contributed by atoms with Crippen LogP contribution in [-0.4, -0.2) is 120 Å². The van der Waals surface area contributed by atoms with Crippen molar-refractivity contribution in [1.82, 2.24) is 0 Å². The third kappa shape index (κ3) is 9.03. The van der Waals surface area contributed by atoms with Gasteiger partial charge in [0.25, 0.3) is 0 Å². The number of halogens is 34. The van der Waals surface area contributed by atoms with Crippen molar-refractivity contribution < 1.29 is 168 Å². The number of hydrogen-bond donors (Lipinski definition) is 0. The second-order valence-electron chi connectivity index (χ2n) is 12.5. The average Bonchev–Trinajstić information content (AvgIpc) is 3.08. The van der Waals surface area contributed by atoms with Gasteiger partial charge in [-0.1, -0.05) is 6.92 Å². The standard InChI is InChI=1S/C26H16F34O4/c1-2-8(10(62)64-6-4-12(29,30)14(33,34)16(37,38)18(41,42)20(45,46)22(49,50)24(53,54)26(58,59)60)7-9(61)63-5-3-11(27,28)13(31,32)15(35,36)17(39,40)19(43,44)21(47,48)23(51,52)25(55,56)57/h8H,2-7H2,1H3. The summed E-state index contributed by atoms with van der Waals surface area (Å²) in [4.78, 5) is 23.8. The van der Waals surface area contributed by atoms with Crippen molar-refractivity contribution in [2.24, 2.45) is 5.92 Å². The van der Waals surface area contributed by atoms with Gasteiger partial charge in [0.15, 0.2) is 0 Å². The third-order valence-electron chi connectivity index (χ3n) is 8.15. The first-order valence-corrected chi connectivity index (χ1v) is 15.2. The van der Waals surface area contributed by atoms with Gasteiger partial charge in [0, 0.05) is 0 Å². The van der Waals surface area contributed by atoms with Gasteiger partial charge in [-0.3, -0.25) is 9.59 Å². The summed E-state index contributed by atoms with van der Waals surface area (Å²) in [5, 5.41) is 0. The lowest BCUT2D eigenvalue weighted by molar-refractivity contribution is -0.461. The highest BCUT2D eigenvalue weighted by Crippen LogP contribution is 2.66. The number of carbonyl (C=O) groups excluding carboxylic acids is 2. The molecule has 0 saturated heterocycles. The van der Waals surface area contributed by atoms with Gasteiger partial charge in [-0.15, -0.1) is 0 Å². The van der Waals surface area contributed by atoms with Crippen molar-refractivity contribution in [3.8, 4) is 0 Å². The van der Waals surface area contributed by atoms with E-state index in [0.717, 1.165) is 0 Å². The van der Waals surface area contributed by atoms with E-state index in [9.17, 15) is 159 Å². The van der Waals surface area contributed by atoms with Crippen LogP contribution in [0.3, 0.4) is 0 Å². The SMILES string of the molecule is CCC(CC(=O)OCCC(F)(F)C(F)(F)C(F)(F)C(F)(F)C(F)(F)C(F)(F)C(F)(F)C(F)(F)F)C(=O)OCCC(F)(F)C(F)(F)C(F)(F)C(F)(F)C(F)(F)C(F)(F)C(F)(F)C(F)(F)F. The van der Waals surface area contributed by atoms with Crippen molar-refractivity contribution in [1.29, 1.82) is 0 Å². The maximum Gasteiger partial charge on any atom is 0.460 e. The minimum Gasteiger partial charge on any atom is -0.465 e. The highest BCUT2D eigenvalue weighted by molar-refractivity contribution is 5.79. The summed E-state index contributed by atoms with van der Waals surface area (Å²) in [6.07, 6.45) is -25.7. The molecule has 0 amide bonds. The second-order valence-corrected chi connectivity index (χ2v) is 12.5. The van der Waals surface area contributed by atoms with Gasteiger partial charge in [0.1, 0.15) is 0 Å². The Morgan fingerprint density at radius 3 is 0.797 bits per heavy atom. The molecule has 0 heterocycles. The molecule has 38 heteroatoms. The van der Waals surface area contributed by atoms with Crippen LogP contribution in [0.15, 0.2) is 0 Å². The predicted octanol–water partition coefficient (Wildman–Crippen LogP) is 12.3. The average molecular weight is 1040 g/mol. The van der Waals surface area contributed by atoms with Gasteiger partial charge in [0.05, 0.1) is 38.4 Å². The van der Waals surface area contributed by atoms with Crippen LogP contribution in [0.5, 0.6) is 0 Å². The summed E-state index contributed by atoms with van der Waals surface area (Å²) in [6.45, 7) is -4.55. The van der Waals surface area contributed by atoms with E-state index in [4.69, 9.17) is 0 Å². The predicted molar refractivity (Wildman–Crippen MR) is 131 cm³/mol. The Morgan fingerprint density at radius 1 is 0.344 bits per heavy atom. The molecular formula is C26H16F34O4. The Kier molecular flexibility index (Phi) is 16.1. The highest BCUT2D eigenvalue weighted by Gasteiger charge is 2.97. The second kappa shape index (κ2) is 17.0. The molecule has 4 nitrogen and oxygen atoms in total. The zero-order chi connectivity index (χ0) is 52.4. The Labute approximate surface area is 328 Å². The molecule has 0 N–H and O–H groups in total. The molecule has 0 spiro atoms. The van der Waals surface area contributed by atoms with Gasteiger partial charge in [-0.2, -0.15) is 149 Å². The van der Waals surface area contributed by atoms with Crippen LogP contribution in [0.4, 0.5) is 149 Å². The summed E-state index contributed by atoms with van der Waals surface area (Å²) in [6, 6.07) is 0. The zero-order valence-corrected chi connectivity index (χ0v) is 29.3. The number of ether oxygens (including phenoxy) is 2. The first-order chi connectivity index (χ1) is 27.4. The fourth-order valence-electron chi connectivity index (χ4n) is 4.05. The fraction of sp³-hybridized carbons (Fsp3) is 0.923. The Hall–Kier alpha value is -3.44. The van der Waals surface area contributed by atoms with Gasteiger partial charge in [-0.25, -0.2) is 0 Å². The van der Waals surface area contributed by atoms with E-state index in [2.05, 4.69) is 9.47 Å². The minimum absolute atomic E-state index is 0.656. The van der Waals surface area contributed by atoms with E-state index < -0.39 is 152 Å². The quantitative estimate of drug-likeness (QED) is 0.0801. The lowest BCUT2D eigenvalue weighted by atomic mass is 9.88. The summed E-state index contributed by atoms with van der Waals surface area (Å²) < 4.78 is 461. The van der Waals surface area contributed by atoms with Gasteiger partial charge >= 0.3 is 107 Å². The Morgan fingerprint density at radius 2 is 0.562 bits per heavy atom. The highest BCUT2D eigenvalue weighted by atomic mass is 19.4. The van der Waals surface area contributed by atoms with E-state index in [-0.39, 0.29) is 0 Å². The molecule has 0 aromatic heterocycles. The smallest absolute Gasteiger partial charge is 0.460 e. The molecule has 1 atom stereocenters. The van der Waals surface area contributed by atoms with Gasteiger partial charge < -0.3 is 9.47 Å². The van der Waals surface area contributed by atoms with Crippen molar-refractivity contribution in [3.63, 3.8) is 0 Å². The first-order valence-electron chi connectivity index (χ1n) is 15.2. The molecular weight excluding hydrogens is 1020 g/mol. The van der Waals surface area contributed by atoms with Crippen LogP contribution >= 0.6 is 0 Å². The molecule has 0 rings (SSSR count). The summed E-state index contributed by atoms with van der Waals surface area (Å²) in [5.41, 5.74) is 0. The molecule has 0 fully saturated rings. The largest absolute Gasteiger partial charge is 0.465 e. The van der Waals surface area contributed by atoms with Crippen molar-refractivity contribution >= 4 is 11.9 Å². The van der Waals surface area contributed by atoms with E-state index in [1.165, 1.54) is 0 Å². The molecule has 0 aromatic carbocycles. The van der Waals surface area contributed by atoms with Crippen molar-refractivity contribution in [2.45, 2.75) is 128 Å². The number of rotatable bonds is 22. The van der Waals surface area contributed by atoms with Crippen molar-refractivity contribution in [3.05, 3.63) is 0 Å². The molecule has 0 aliphatic rings. The fourth-order valence-corrected chi connectivity index (χ4v) is 4.05. The van der Waals surface area contributed by atoms with Crippen molar-refractivity contribution in [2.75, 3.05) is 13.2 Å². The summed E-state index contributed by atoms with van der Waals surface area (Å²) in [5.74, 6) is -126. The van der Waals surface area contributed by atoms with E-state index in [0.29, 0.717) is 6.92 Å². The van der Waals surface area contributed by atoms with Gasteiger partial charge in [0.2, 0.25) is 0 Å². The number of carbonyl (C=O) groups is 2. The van der Waals surface area contributed by atoms with Gasteiger partial charge in [-0.05, 0) is 6.42 Å². The molecule has 0 aliphatic carbocycles. The lowest BCUT2D eigenvalue weighted by Crippen LogP contribution is -2.74. The van der Waals surface area contributed by atoms with E-state index in [1.54, 1.807) is 0 Å². The summed E-state index contributed by atoms with van der Waals surface area (Å²) in [7, 11) is 0.